The second-order valence-corrected chi connectivity index (χ2v) is 3.02. The number of hydrogen-bond donors (Lipinski definition) is 1. The summed E-state index contributed by atoms with van der Waals surface area (Å²) in [7, 11) is 1.63. The number of carbonyl (C=O) groups excluding carboxylic acids is 1. The van der Waals surface area contributed by atoms with Crippen molar-refractivity contribution >= 4 is 6.41 Å². The van der Waals surface area contributed by atoms with Gasteiger partial charge in [-0.3, -0.25) is 4.79 Å². The summed E-state index contributed by atoms with van der Waals surface area (Å²) in [6.07, 6.45) is 1.61. The number of nitrogens with one attached hydrogen (secondary N) is 1. The first-order valence-electron chi connectivity index (χ1n) is 4.65. The molecular formula is C11H15NO2. The van der Waals surface area contributed by atoms with E-state index in [1.807, 2.05) is 31.2 Å². The van der Waals surface area contributed by atoms with Gasteiger partial charge in [-0.2, -0.15) is 0 Å². The topological polar surface area (TPSA) is 38.3 Å². The maximum atomic E-state index is 10.3. The van der Waals surface area contributed by atoms with E-state index in [4.69, 9.17) is 4.74 Å². The average molecular weight is 193 g/mol. The molecule has 0 aliphatic carbocycles. The maximum Gasteiger partial charge on any atom is 0.207 e. The molecule has 1 aromatic carbocycles. The molecule has 1 aromatic rings. The quantitative estimate of drug-likeness (QED) is 0.725. The third-order valence-corrected chi connectivity index (χ3v) is 2.20. The minimum Gasteiger partial charge on any atom is -0.497 e. The maximum absolute atomic E-state index is 10.3. The van der Waals surface area contributed by atoms with Gasteiger partial charge in [-0.15, -0.1) is 0 Å². The van der Waals surface area contributed by atoms with Gasteiger partial charge in [0.15, 0.2) is 0 Å². The predicted octanol–water partition coefficient (Wildman–Crippen LogP) is 1.89. The molecule has 0 saturated heterocycles. The summed E-state index contributed by atoms with van der Waals surface area (Å²) >= 11 is 0. The van der Waals surface area contributed by atoms with Crippen molar-refractivity contribution < 1.29 is 9.53 Å². The molecule has 0 saturated carbocycles. The molecule has 14 heavy (non-hydrogen) atoms. The summed E-state index contributed by atoms with van der Waals surface area (Å²) in [6, 6.07) is 7.81. The van der Waals surface area contributed by atoms with Gasteiger partial charge in [-0.05, 0) is 24.1 Å². The Bertz CT molecular complexity index is 282. The van der Waals surface area contributed by atoms with Crippen molar-refractivity contribution in [3.05, 3.63) is 29.8 Å². The Labute approximate surface area is 84.1 Å². The lowest BCUT2D eigenvalue weighted by Crippen LogP contribution is -2.18. The van der Waals surface area contributed by atoms with E-state index in [2.05, 4.69) is 5.32 Å². The van der Waals surface area contributed by atoms with Crippen LogP contribution in [0.5, 0.6) is 5.75 Å². The zero-order chi connectivity index (χ0) is 10.4. The van der Waals surface area contributed by atoms with Gasteiger partial charge in [0, 0.05) is 0 Å². The van der Waals surface area contributed by atoms with Crippen LogP contribution < -0.4 is 10.1 Å². The Kier molecular flexibility index (Phi) is 3.98. The van der Waals surface area contributed by atoms with Crippen LogP contribution in [0, 0.1) is 0 Å². The van der Waals surface area contributed by atoms with E-state index in [-0.39, 0.29) is 6.04 Å². The normalized spacial score (nSPS) is 11.9. The lowest BCUT2D eigenvalue weighted by Gasteiger charge is -2.14. The molecule has 1 atom stereocenters. The monoisotopic (exact) mass is 193 g/mol. The van der Waals surface area contributed by atoms with Crippen LogP contribution in [0.15, 0.2) is 24.3 Å². The lowest BCUT2D eigenvalue weighted by molar-refractivity contribution is -0.110. The van der Waals surface area contributed by atoms with E-state index < -0.39 is 0 Å². The van der Waals surface area contributed by atoms with Gasteiger partial charge in [0.1, 0.15) is 5.75 Å². The summed E-state index contributed by atoms with van der Waals surface area (Å²) in [5, 5.41) is 2.76. The number of methoxy groups -OCH3 is 1. The van der Waals surface area contributed by atoms with Gasteiger partial charge in [0.25, 0.3) is 0 Å². The molecule has 0 bridgehead atoms. The van der Waals surface area contributed by atoms with Crippen LogP contribution in [0.3, 0.4) is 0 Å². The Hall–Kier alpha value is -1.51. The third kappa shape index (κ3) is 2.49. The van der Waals surface area contributed by atoms with Gasteiger partial charge in [0.05, 0.1) is 13.2 Å². The molecule has 0 spiro atoms. The highest BCUT2D eigenvalue weighted by molar-refractivity contribution is 5.48. The van der Waals surface area contributed by atoms with Crippen LogP contribution in [-0.4, -0.2) is 13.5 Å². The number of benzene rings is 1. The Morgan fingerprint density at radius 1 is 1.43 bits per heavy atom. The fourth-order valence-corrected chi connectivity index (χ4v) is 1.37. The standard InChI is InChI=1S/C11H15NO2/c1-3-11(12-8-13)9-4-6-10(14-2)7-5-9/h4-8,11H,3H2,1-2H3,(H,12,13)/t11-/m1/s1. The van der Waals surface area contributed by atoms with E-state index in [9.17, 15) is 4.79 Å². The van der Waals surface area contributed by atoms with Gasteiger partial charge in [0.2, 0.25) is 6.41 Å². The molecule has 0 aromatic heterocycles. The second-order valence-electron chi connectivity index (χ2n) is 3.02. The van der Waals surface area contributed by atoms with Gasteiger partial charge in [-0.25, -0.2) is 0 Å². The number of amides is 1. The van der Waals surface area contributed by atoms with E-state index in [1.165, 1.54) is 0 Å². The molecule has 0 unspecified atom stereocenters. The predicted molar refractivity (Wildman–Crippen MR) is 55.2 cm³/mol. The Morgan fingerprint density at radius 2 is 2.07 bits per heavy atom. The highest BCUT2D eigenvalue weighted by Crippen LogP contribution is 2.19. The van der Waals surface area contributed by atoms with Crippen molar-refractivity contribution in [3.63, 3.8) is 0 Å². The molecule has 0 radical (unpaired) electrons. The molecule has 76 valence electrons. The van der Waals surface area contributed by atoms with Crippen LogP contribution in [0.2, 0.25) is 0 Å². The number of rotatable bonds is 5. The fraction of sp³-hybridized carbons (Fsp3) is 0.364. The van der Waals surface area contributed by atoms with Crippen molar-refractivity contribution in [2.45, 2.75) is 19.4 Å². The van der Waals surface area contributed by atoms with Gasteiger partial charge in [-0.1, -0.05) is 19.1 Å². The summed E-state index contributed by atoms with van der Waals surface area (Å²) in [5.74, 6) is 0.828. The summed E-state index contributed by atoms with van der Waals surface area (Å²) in [4.78, 5) is 10.3. The van der Waals surface area contributed by atoms with Crippen LogP contribution in [0.1, 0.15) is 24.9 Å². The number of hydrogen-bond acceptors (Lipinski definition) is 2. The van der Waals surface area contributed by atoms with Crippen LogP contribution in [0.4, 0.5) is 0 Å². The summed E-state index contributed by atoms with van der Waals surface area (Å²) < 4.78 is 5.05. The molecule has 1 N–H and O–H groups in total. The molecule has 3 nitrogen and oxygen atoms in total. The van der Waals surface area contributed by atoms with Gasteiger partial charge >= 0.3 is 0 Å². The van der Waals surface area contributed by atoms with Crippen molar-refractivity contribution in [1.29, 1.82) is 0 Å². The largest absolute Gasteiger partial charge is 0.497 e. The number of ether oxygens (including phenoxy) is 1. The molecule has 3 heteroatoms. The molecule has 0 fully saturated rings. The molecule has 1 rings (SSSR count). The minimum absolute atomic E-state index is 0.0957. The Balaban J connectivity index is 2.77. The van der Waals surface area contributed by atoms with E-state index in [0.29, 0.717) is 0 Å². The number of carbonyl (C=O) groups is 1. The van der Waals surface area contributed by atoms with Crippen molar-refractivity contribution in [3.8, 4) is 5.75 Å². The minimum atomic E-state index is 0.0957. The fourth-order valence-electron chi connectivity index (χ4n) is 1.37. The zero-order valence-electron chi connectivity index (χ0n) is 8.49. The average Bonchev–Trinajstić information content (AvgIpc) is 2.26. The second kappa shape index (κ2) is 5.27. The van der Waals surface area contributed by atoms with Crippen molar-refractivity contribution in [2.24, 2.45) is 0 Å². The smallest absolute Gasteiger partial charge is 0.207 e. The highest BCUT2D eigenvalue weighted by atomic mass is 16.5. The molecular weight excluding hydrogens is 178 g/mol. The first-order chi connectivity index (χ1) is 6.81. The van der Waals surface area contributed by atoms with Crippen molar-refractivity contribution in [2.75, 3.05) is 7.11 Å². The van der Waals surface area contributed by atoms with E-state index in [0.717, 1.165) is 24.1 Å². The summed E-state index contributed by atoms with van der Waals surface area (Å²) in [6.45, 7) is 2.03. The lowest BCUT2D eigenvalue weighted by atomic mass is 10.0. The molecule has 0 heterocycles. The molecule has 0 aliphatic heterocycles. The van der Waals surface area contributed by atoms with E-state index >= 15 is 0 Å². The Morgan fingerprint density at radius 3 is 2.50 bits per heavy atom. The summed E-state index contributed by atoms with van der Waals surface area (Å²) in [5.41, 5.74) is 1.10. The van der Waals surface area contributed by atoms with Crippen molar-refractivity contribution in [1.82, 2.24) is 5.32 Å². The zero-order valence-corrected chi connectivity index (χ0v) is 8.49. The SMILES string of the molecule is CC[C@@H](NC=O)c1ccc(OC)cc1. The first kappa shape index (κ1) is 10.6. The van der Waals surface area contributed by atoms with Crippen LogP contribution in [-0.2, 0) is 4.79 Å². The van der Waals surface area contributed by atoms with E-state index in [1.54, 1.807) is 7.11 Å². The molecule has 1 amide bonds. The van der Waals surface area contributed by atoms with Crippen LogP contribution in [0.25, 0.3) is 0 Å². The first-order valence-corrected chi connectivity index (χ1v) is 4.65. The third-order valence-electron chi connectivity index (χ3n) is 2.20. The molecule has 0 aliphatic rings. The van der Waals surface area contributed by atoms with Crippen LogP contribution >= 0.6 is 0 Å². The van der Waals surface area contributed by atoms with Gasteiger partial charge < -0.3 is 10.1 Å². The highest BCUT2D eigenvalue weighted by Gasteiger charge is 2.06.